The Morgan fingerprint density at radius 3 is 3.12 bits per heavy atom. The lowest BCUT2D eigenvalue weighted by atomic mass is 10.2. The zero-order valence-corrected chi connectivity index (χ0v) is 5.75. The number of hydrogen-bond acceptors (Lipinski definition) is 1. The molecule has 0 bridgehead atoms. The summed E-state index contributed by atoms with van der Waals surface area (Å²) in [5.41, 5.74) is 0. The largest absolute Gasteiger partial charge is 0.232 e. The van der Waals surface area contributed by atoms with E-state index >= 15 is 0 Å². The molecule has 2 heteroatoms. The highest BCUT2D eigenvalue weighted by atomic mass is 32.2. The van der Waals surface area contributed by atoms with Gasteiger partial charge in [-0.05, 0) is 25.0 Å². The van der Waals surface area contributed by atoms with E-state index in [0.717, 1.165) is 18.6 Å². The fourth-order valence-electron chi connectivity index (χ4n) is 0.874. The molecule has 0 aromatic rings. The van der Waals surface area contributed by atoms with Crippen molar-refractivity contribution < 1.29 is 5.11 Å². The van der Waals surface area contributed by atoms with Gasteiger partial charge in [-0.1, -0.05) is 0 Å². The topological polar surface area (TPSA) is 19.9 Å². The Hall–Kier alpha value is 0.310. The van der Waals surface area contributed by atoms with Gasteiger partial charge in [0, 0.05) is 5.75 Å². The van der Waals surface area contributed by atoms with E-state index in [0.29, 0.717) is 0 Å². The average molecular weight is 131 g/mol. The van der Waals surface area contributed by atoms with Gasteiger partial charge in [0.15, 0.2) is 0 Å². The first kappa shape index (κ1) is 6.43. The summed E-state index contributed by atoms with van der Waals surface area (Å²) in [7, 11) is 0. The van der Waals surface area contributed by atoms with E-state index in [1.54, 1.807) is 0 Å². The average Bonchev–Trinajstić information content (AvgIpc) is 1.94. The van der Waals surface area contributed by atoms with Gasteiger partial charge in [0.25, 0.3) is 0 Å². The summed E-state index contributed by atoms with van der Waals surface area (Å²) >= 11 is 1.81. The second-order valence-electron chi connectivity index (χ2n) is 2.19. The van der Waals surface area contributed by atoms with E-state index in [2.05, 4.69) is 0 Å². The molecule has 1 radical (unpaired) electrons. The summed E-state index contributed by atoms with van der Waals surface area (Å²) in [5.74, 6) is 2.05. The lowest BCUT2D eigenvalue weighted by molar-refractivity contribution is 0.101. The second kappa shape index (κ2) is 3.36. The quantitative estimate of drug-likeness (QED) is 0.490. The van der Waals surface area contributed by atoms with Crippen molar-refractivity contribution in [1.82, 2.24) is 0 Å². The summed E-state index contributed by atoms with van der Waals surface area (Å²) in [4.78, 5) is 0. The molecule has 0 aliphatic carbocycles. The van der Waals surface area contributed by atoms with Crippen LogP contribution in [0.25, 0.3) is 0 Å². The Morgan fingerprint density at radius 1 is 1.38 bits per heavy atom. The SMILES string of the molecule is [O]C1CCCCSC1. The zero-order chi connectivity index (χ0) is 5.82. The molecule has 0 spiro atoms. The van der Waals surface area contributed by atoms with Crippen LogP contribution in [-0.4, -0.2) is 17.6 Å². The summed E-state index contributed by atoms with van der Waals surface area (Å²) < 4.78 is 0. The Labute approximate surface area is 54.5 Å². The van der Waals surface area contributed by atoms with Crippen LogP contribution in [0.15, 0.2) is 0 Å². The lowest BCUT2D eigenvalue weighted by Gasteiger charge is -1.98. The van der Waals surface area contributed by atoms with Crippen molar-refractivity contribution in [2.75, 3.05) is 11.5 Å². The molecule has 47 valence electrons. The molecule has 0 aromatic heterocycles. The minimum absolute atomic E-state index is 0.262. The Balaban J connectivity index is 2.17. The first-order valence-corrected chi connectivity index (χ1v) is 4.28. The van der Waals surface area contributed by atoms with Gasteiger partial charge in [-0.25, -0.2) is 5.11 Å². The molecular weight excluding hydrogens is 120 g/mol. The first-order valence-electron chi connectivity index (χ1n) is 3.13. The van der Waals surface area contributed by atoms with Crippen molar-refractivity contribution in [2.24, 2.45) is 0 Å². The van der Waals surface area contributed by atoms with Crippen LogP contribution in [0.4, 0.5) is 0 Å². The van der Waals surface area contributed by atoms with E-state index in [9.17, 15) is 5.11 Å². The van der Waals surface area contributed by atoms with Crippen molar-refractivity contribution in [3.63, 3.8) is 0 Å². The molecule has 0 N–H and O–H groups in total. The van der Waals surface area contributed by atoms with Crippen LogP contribution in [0.5, 0.6) is 0 Å². The maximum absolute atomic E-state index is 10.7. The van der Waals surface area contributed by atoms with Crippen LogP contribution in [0.2, 0.25) is 0 Å². The van der Waals surface area contributed by atoms with E-state index < -0.39 is 0 Å². The summed E-state index contributed by atoms with van der Waals surface area (Å²) in [6.07, 6.45) is 3.06. The van der Waals surface area contributed by atoms with E-state index in [1.165, 1.54) is 12.2 Å². The van der Waals surface area contributed by atoms with E-state index in [-0.39, 0.29) is 6.10 Å². The zero-order valence-electron chi connectivity index (χ0n) is 4.93. The Kier molecular flexibility index (Phi) is 2.70. The van der Waals surface area contributed by atoms with E-state index in [1.807, 2.05) is 11.8 Å². The molecule has 1 rings (SSSR count). The minimum atomic E-state index is -0.262. The van der Waals surface area contributed by atoms with Crippen LogP contribution < -0.4 is 0 Å². The monoisotopic (exact) mass is 131 g/mol. The van der Waals surface area contributed by atoms with Gasteiger partial charge in [0.2, 0.25) is 0 Å². The molecular formula is C6H11OS. The maximum Gasteiger partial charge on any atom is 0.102 e. The highest BCUT2D eigenvalue weighted by molar-refractivity contribution is 7.99. The summed E-state index contributed by atoms with van der Waals surface area (Å²) in [6, 6.07) is 0. The highest BCUT2D eigenvalue weighted by Crippen LogP contribution is 2.16. The number of rotatable bonds is 0. The van der Waals surface area contributed by atoms with Crippen molar-refractivity contribution in [3.05, 3.63) is 0 Å². The summed E-state index contributed by atoms with van der Waals surface area (Å²) in [5, 5.41) is 10.7. The lowest BCUT2D eigenvalue weighted by Crippen LogP contribution is -2.04. The molecule has 1 atom stereocenters. The third kappa shape index (κ3) is 2.05. The molecule has 1 aliphatic rings. The van der Waals surface area contributed by atoms with Gasteiger partial charge >= 0.3 is 0 Å². The van der Waals surface area contributed by atoms with Gasteiger partial charge in [-0.2, -0.15) is 11.8 Å². The molecule has 1 aliphatic heterocycles. The van der Waals surface area contributed by atoms with Gasteiger partial charge in [-0.3, -0.25) is 0 Å². The molecule has 8 heavy (non-hydrogen) atoms. The molecule has 1 nitrogen and oxygen atoms in total. The molecule has 1 fully saturated rings. The first-order chi connectivity index (χ1) is 3.89. The third-order valence-corrected chi connectivity index (χ3v) is 2.55. The number of thioether (sulfide) groups is 1. The van der Waals surface area contributed by atoms with Crippen LogP contribution in [0, 0.1) is 0 Å². The molecule has 0 aromatic carbocycles. The molecule has 0 saturated carbocycles. The van der Waals surface area contributed by atoms with Gasteiger partial charge in [0.1, 0.15) is 6.10 Å². The van der Waals surface area contributed by atoms with Crippen LogP contribution >= 0.6 is 11.8 Å². The van der Waals surface area contributed by atoms with Gasteiger partial charge in [-0.15, -0.1) is 0 Å². The van der Waals surface area contributed by atoms with Crippen molar-refractivity contribution in [1.29, 1.82) is 0 Å². The normalized spacial score (nSPS) is 31.9. The van der Waals surface area contributed by atoms with Crippen molar-refractivity contribution in [3.8, 4) is 0 Å². The maximum atomic E-state index is 10.7. The highest BCUT2D eigenvalue weighted by Gasteiger charge is 2.08. The molecule has 1 saturated heterocycles. The van der Waals surface area contributed by atoms with Crippen molar-refractivity contribution >= 4 is 11.8 Å². The van der Waals surface area contributed by atoms with Gasteiger partial charge < -0.3 is 0 Å². The Bertz CT molecular complexity index is 57.5. The smallest absolute Gasteiger partial charge is 0.102 e. The predicted octanol–water partition coefficient (Wildman–Crippen LogP) is 1.70. The van der Waals surface area contributed by atoms with E-state index in [4.69, 9.17) is 0 Å². The Morgan fingerprint density at radius 2 is 2.25 bits per heavy atom. The van der Waals surface area contributed by atoms with Crippen LogP contribution in [0.3, 0.4) is 0 Å². The molecule has 0 amide bonds. The van der Waals surface area contributed by atoms with Crippen LogP contribution in [0.1, 0.15) is 19.3 Å². The fraction of sp³-hybridized carbons (Fsp3) is 1.00. The van der Waals surface area contributed by atoms with Gasteiger partial charge in [0.05, 0.1) is 0 Å². The fourth-order valence-corrected chi connectivity index (χ4v) is 1.88. The molecule has 1 unspecified atom stereocenters. The third-order valence-electron chi connectivity index (χ3n) is 1.37. The molecule has 1 heterocycles. The van der Waals surface area contributed by atoms with Crippen molar-refractivity contribution in [2.45, 2.75) is 25.4 Å². The second-order valence-corrected chi connectivity index (χ2v) is 3.34. The number of hydrogen-bond donors (Lipinski definition) is 0. The minimum Gasteiger partial charge on any atom is -0.232 e. The summed E-state index contributed by atoms with van der Waals surface area (Å²) in [6.45, 7) is 0. The standard InChI is InChI=1S/C6H11OS/c7-6-3-1-2-4-8-5-6/h6H,1-5H2. The van der Waals surface area contributed by atoms with Crippen LogP contribution in [-0.2, 0) is 5.11 Å². The predicted molar refractivity (Wildman–Crippen MR) is 35.7 cm³/mol.